The smallest absolute Gasteiger partial charge is 0.0737 e. The van der Waals surface area contributed by atoms with Gasteiger partial charge in [0.2, 0.25) is 0 Å². The summed E-state index contributed by atoms with van der Waals surface area (Å²) >= 11 is 0. The van der Waals surface area contributed by atoms with Crippen molar-refractivity contribution in [3.8, 4) is 0 Å². The van der Waals surface area contributed by atoms with E-state index >= 15 is 0 Å². The average Bonchev–Trinajstić information content (AvgIpc) is 2.65. The zero-order valence-electron chi connectivity index (χ0n) is 15.4. The summed E-state index contributed by atoms with van der Waals surface area (Å²) in [6.45, 7) is 12.7. The Bertz CT molecular complexity index is 1110. The molecule has 0 saturated carbocycles. The minimum absolute atomic E-state index is 0.253. The summed E-state index contributed by atoms with van der Waals surface area (Å²) in [6.07, 6.45) is 20.0. The maximum atomic E-state index is 4.81. The molecule has 0 aliphatic heterocycles. The SMILES string of the molecule is C=C1C=C2c3nccc(=C)cccc(c3=C)C3C=CC=C(C/C=C\C=C/1)C23. The molecule has 3 aliphatic carbocycles. The molecule has 132 valence electrons. The van der Waals surface area contributed by atoms with Crippen LogP contribution < -0.4 is 10.4 Å². The van der Waals surface area contributed by atoms with E-state index in [4.69, 9.17) is 4.98 Å². The lowest BCUT2D eigenvalue weighted by atomic mass is 9.68. The molecular formula is C26H23N. The first-order chi connectivity index (χ1) is 13.1. The van der Waals surface area contributed by atoms with Gasteiger partial charge in [-0.25, -0.2) is 0 Å². The summed E-state index contributed by atoms with van der Waals surface area (Å²) in [4.78, 5) is 4.81. The lowest BCUT2D eigenvalue weighted by Crippen LogP contribution is -2.31. The fourth-order valence-corrected chi connectivity index (χ4v) is 4.05. The van der Waals surface area contributed by atoms with E-state index in [-0.39, 0.29) is 11.8 Å². The summed E-state index contributed by atoms with van der Waals surface area (Å²) in [5.74, 6) is 0.511. The van der Waals surface area contributed by atoms with Gasteiger partial charge in [-0.1, -0.05) is 86.0 Å². The Labute approximate surface area is 160 Å². The van der Waals surface area contributed by atoms with Crippen molar-refractivity contribution in [3.05, 3.63) is 118 Å². The monoisotopic (exact) mass is 349 g/mol. The quantitative estimate of drug-likeness (QED) is 0.662. The van der Waals surface area contributed by atoms with Gasteiger partial charge in [0, 0.05) is 18.0 Å². The van der Waals surface area contributed by atoms with E-state index in [0.29, 0.717) is 0 Å². The van der Waals surface area contributed by atoms with Gasteiger partial charge in [0.15, 0.2) is 0 Å². The van der Waals surface area contributed by atoms with Crippen LogP contribution in [0.25, 0.3) is 18.7 Å². The number of fused-ring (bicyclic) bond motifs is 4. The molecule has 1 aromatic rings. The fourth-order valence-electron chi connectivity index (χ4n) is 4.05. The number of aromatic nitrogens is 1. The first-order valence-corrected chi connectivity index (χ1v) is 9.27. The van der Waals surface area contributed by atoms with E-state index in [0.717, 1.165) is 28.1 Å². The Morgan fingerprint density at radius 1 is 1.00 bits per heavy atom. The highest BCUT2D eigenvalue weighted by molar-refractivity contribution is 5.76. The highest BCUT2D eigenvalue weighted by Crippen LogP contribution is 2.45. The van der Waals surface area contributed by atoms with Gasteiger partial charge in [-0.05, 0) is 45.7 Å². The summed E-state index contributed by atoms with van der Waals surface area (Å²) in [5.41, 5.74) is 5.73. The molecule has 0 radical (unpaired) electrons. The number of hydrogen-bond donors (Lipinski definition) is 0. The minimum atomic E-state index is 0.253. The normalized spacial score (nSPS) is 24.7. The predicted molar refractivity (Wildman–Crippen MR) is 116 cm³/mol. The van der Waals surface area contributed by atoms with Gasteiger partial charge in [-0.2, -0.15) is 0 Å². The molecule has 1 heteroatoms. The highest BCUT2D eigenvalue weighted by atomic mass is 14.7. The minimum Gasteiger partial charge on any atom is -0.256 e. The molecule has 1 heterocycles. The third-order valence-electron chi connectivity index (χ3n) is 5.32. The largest absolute Gasteiger partial charge is 0.256 e. The van der Waals surface area contributed by atoms with E-state index in [9.17, 15) is 0 Å². The maximum absolute atomic E-state index is 4.81. The first kappa shape index (κ1) is 17.2. The van der Waals surface area contributed by atoms with Gasteiger partial charge in [0.1, 0.15) is 0 Å². The molecule has 27 heavy (non-hydrogen) atoms. The van der Waals surface area contributed by atoms with Crippen LogP contribution in [0.3, 0.4) is 0 Å². The third-order valence-corrected chi connectivity index (χ3v) is 5.32. The molecule has 0 N–H and O–H groups in total. The number of hydrogen-bond acceptors (Lipinski definition) is 1. The Morgan fingerprint density at radius 2 is 1.89 bits per heavy atom. The van der Waals surface area contributed by atoms with Crippen LogP contribution in [0.1, 0.15) is 23.6 Å². The van der Waals surface area contributed by atoms with Gasteiger partial charge in [-0.3, -0.25) is 4.98 Å². The summed E-state index contributed by atoms with van der Waals surface area (Å²) < 4.78 is 0. The topological polar surface area (TPSA) is 12.9 Å². The summed E-state index contributed by atoms with van der Waals surface area (Å²) in [6, 6.07) is 8.17. The van der Waals surface area contributed by atoms with Crippen LogP contribution >= 0.6 is 0 Å². The molecule has 0 amide bonds. The van der Waals surface area contributed by atoms with Gasteiger partial charge in [0.05, 0.1) is 5.69 Å². The van der Waals surface area contributed by atoms with Gasteiger partial charge < -0.3 is 0 Å². The summed E-state index contributed by atoms with van der Waals surface area (Å²) in [7, 11) is 0. The van der Waals surface area contributed by atoms with Crippen LogP contribution in [0.5, 0.6) is 0 Å². The van der Waals surface area contributed by atoms with Crippen LogP contribution in [0, 0.1) is 5.92 Å². The molecule has 1 aromatic heterocycles. The Balaban J connectivity index is 2.09. The van der Waals surface area contributed by atoms with Crippen molar-refractivity contribution < 1.29 is 0 Å². The molecule has 1 nitrogen and oxygen atoms in total. The predicted octanol–water partition coefficient (Wildman–Crippen LogP) is 4.69. The summed E-state index contributed by atoms with van der Waals surface area (Å²) in [5, 5.41) is 1.91. The fraction of sp³-hybridized carbons (Fsp3) is 0.115. The van der Waals surface area contributed by atoms with Gasteiger partial charge in [-0.15, -0.1) is 0 Å². The van der Waals surface area contributed by atoms with Crippen molar-refractivity contribution in [3.63, 3.8) is 0 Å². The molecule has 2 bridgehead atoms. The van der Waals surface area contributed by atoms with Crippen LogP contribution in [-0.4, -0.2) is 4.98 Å². The van der Waals surface area contributed by atoms with Crippen LogP contribution in [-0.2, 0) is 0 Å². The molecule has 0 fully saturated rings. The van der Waals surface area contributed by atoms with Crippen molar-refractivity contribution >= 4 is 18.7 Å². The second-order valence-electron chi connectivity index (χ2n) is 7.12. The third kappa shape index (κ3) is 3.29. The first-order valence-electron chi connectivity index (χ1n) is 9.27. The van der Waals surface area contributed by atoms with Crippen molar-refractivity contribution in [1.29, 1.82) is 0 Å². The Kier molecular flexibility index (Phi) is 4.60. The average molecular weight is 349 g/mol. The number of nitrogens with zero attached hydrogens (tertiary/aromatic N) is 1. The molecule has 2 atom stereocenters. The molecule has 0 saturated heterocycles. The molecular weight excluding hydrogens is 326 g/mol. The Morgan fingerprint density at radius 3 is 2.78 bits per heavy atom. The highest BCUT2D eigenvalue weighted by Gasteiger charge is 2.34. The molecule has 0 aromatic carbocycles. The standard InChI is InChI=1S/C26H23N/c1-18-10-7-13-22-20(3)26(27-16-15-18)24-17-19(2)9-5-4-6-11-21-12-8-14-23(22)25(21)24/h4-10,12-17,23,25H,1-3,11H2/b6-4-,9-5-,10-7?,16-15?,22-13?,24-17?,27-26?. The molecule has 2 unspecified atom stereocenters. The molecule has 0 spiro atoms. The Hall–Kier alpha value is -3.19. The van der Waals surface area contributed by atoms with Gasteiger partial charge in [0.25, 0.3) is 0 Å². The zero-order valence-corrected chi connectivity index (χ0v) is 15.4. The van der Waals surface area contributed by atoms with E-state index < -0.39 is 0 Å². The van der Waals surface area contributed by atoms with Crippen molar-refractivity contribution in [1.82, 2.24) is 4.98 Å². The van der Waals surface area contributed by atoms with Crippen LogP contribution in [0.2, 0.25) is 0 Å². The van der Waals surface area contributed by atoms with E-state index in [1.165, 1.54) is 16.7 Å². The maximum Gasteiger partial charge on any atom is 0.0737 e. The lowest BCUT2D eigenvalue weighted by Gasteiger charge is -2.35. The van der Waals surface area contributed by atoms with Crippen molar-refractivity contribution in [2.24, 2.45) is 5.92 Å². The van der Waals surface area contributed by atoms with Crippen molar-refractivity contribution in [2.45, 2.75) is 12.3 Å². The number of allylic oxidation sites excluding steroid dienone is 11. The van der Waals surface area contributed by atoms with E-state index in [1.807, 2.05) is 30.5 Å². The molecule has 4 rings (SSSR count). The second-order valence-corrected chi connectivity index (χ2v) is 7.12. The van der Waals surface area contributed by atoms with Crippen molar-refractivity contribution in [2.75, 3.05) is 0 Å². The van der Waals surface area contributed by atoms with Crippen LogP contribution in [0.4, 0.5) is 0 Å². The number of rotatable bonds is 0. The van der Waals surface area contributed by atoms with Crippen LogP contribution in [0.15, 0.2) is 96.8 Å². The molecule has 3 aliphatic rings. The van der Waals surface area contributed by atoms with Gasteiger partial charge >= 0.3 is 0 Å². The van der Waals surface area contributed by atoms with E-state index in [2.05, 4.69) is 68.3 Å². The lowest BCUT2D eigenvalue weighted by molar-refractivity contribution is 0.644. The zero-order chi connectivity index (χ0) is 18.8. The second kappa shape index (κ2) is 7.20. The van der Waals surface area contributed by atoms with E-state index in [1.54, 1.807) is 0 Å².